The van der Waals surface area contributed by atoms with E-state index in [2.05, 4.69) is 29.9 Å². The van der Waals surface area contributed by atoms with E-state index in [9.17, 15) is 0 Å². The summed E-state index contributed by atoms with van der Waals surface area (Å²) in [6.45, 7) is 6.91. The molecule has 2 aromatic rings. The van der Waals surface area contributed by atoms with Crippen LogP contribution in [0.2, 0.25) is 0 Å². The number of aryl methyl sites for hydroxylation is 2. The molecule has 0 unspecified atom stereocenters. The Kier molecular flexibility index (Phi) is 8.63. The van der Waals surface area contributed by atoms with Crippen LogP contribution in [0.1, 0.15) is 34.1 Å². The zero-order valence-electron chi connectivity index (χ0n) is 13.9. The number of fused-ring (bicyclic) bond motifs is 1. The van der Waals surface area contributed by atoms with Crippen molar-refractivity contribution in [1.82, 2.24) is 14.5 Å². The van der Waals surface area contributed by atoms with E-state index >= 15 is 0 Å². The van der Waals surface area contributed by atoms with Crippen molar-refractivity contribution in [1.29, 1.82) is 0 Å². The van der Waals surface area contributed by atoms with Crippen molar-refractivity contribution in [3.05, 3.63) is 30.1 Å². The van der Waals surface area contributed by atoms with Gasteiger partial charge in [-0.15, -0.1) is 11.6 Å². The molecule has 3 nitrogen and oxygen atoms in total. The standard InChI is InChI=1S/C9H9N2.C7H15N.CH4.U/c1-7-4-3-5-8-9(7)10-6-11(8)2;1-7-3-5-8(2)6-4-7;;/h3,5-6H,1-2H3;7H,3-6H2,1-2H3;1H4;/q-1;;;/i6T;;;. The fourth-order valence-corrected chi connectivity index (χ4v) is 2.31. The quantitative estimate of drug-likeness (QED) is 0.501. The molecule has 0 spiro atoms. The molecule has 1 aliphatic heterocycles. The van der Waals surface area contributed by atoms with Gasteiger partial charge >= 0.3 is 0 Å². The van der Waals surface area contributed by atoms with Crippen LogP contribution in [0.5, 0.6) is 0 Å². The van der Waals surface area contributed by atoms with Crippen LogP contribution in [0.3, 0.4) is 0 Å². The van der Waals surface area contributed by atoms with Crippen molar-refractivity contribution < 1.29 is 32.5 Å². The Labute approximate surface area is 154 Å². The SMILES string of the molecule is C.CC1CCN(C)CC1.[3H]c1nc2c(C)[c-]ccc2n1C.[U]. The van der Waals surface area contributed by atoms with Crippen LogP contribution in [0.4, 0.5) is 0 Å². The van der Waals surface area contributed by atoms with Gasteiger partial charge in [0.05, 0.1) is 6.30 Å². The molecular weight excluding hydrogens is 484 g/mol. The molecular formula is C17H28N3U-. The maximum Gasteiger partial charge on any atom is 0.103 e. The van der Waals surface area contributed by atoms with Gasteiger partial charge in [0, 0.05) is 38.2 Å². The van der Waals surface area contributed by atoms with Crippen LogP contribution in [-0.2, 0) is 7.05 Å². The first-order valence-electron chi connectivity index (χ1n) is 7.48. The summed E-state index contributed by atoms with van der Waals surface area (Å²) in [5.74, 6) is 0.978. The van der Waals surface area contributed by atoms with Gasteiger partial charge in [0.25, 0.3) is 0 Å². The number of imidazole rings is 1. The van der Waals surface area contributed by atoms with E-state index in [1.165, 1.54) is 25.9 Å². The Bertz CT molecular complexity index is 565. The van der Waals surface area contributed by atoms with Crippen molar-refractivity contribution in [2.45, 2.75) is 34.1 Å². The van der Waals surface area contributed by atoms with E-state index in [4.69, 9.17) is 1.37 Å². The third-order valence-corrected chi connectivity index (χ3v) is 3.82. The van der Waals surface area contributed by atoms with E-state index in [1.807, 2.05) is 26.1 Å². The van der Waals surface area contributed by atoms with Gasteiger partial charge in [-0.1, -0.05) is 21.3 Å². The molecule has 1 aromatic carbocycles. The van der Waals surface area contributed by atoms with E-state index in [0.717, 1.165) is 22.5 Å². The van der Waals surface area contributed by atoms with Crippen LogP contribution >= 0.6 is 0 Å². The maximum absolute atomic E-state index is 7.48. The number of nitrogens with zero attached hydrogens (tertiary/aromatic N) is 3. The molecule has 4 heteroatoms. The van der Waals surface area contributed by atoms with Gasteiger partial charge in [0.2, 0.25) is 0 Å². The Hall–Kier alpha value is -0.298. The number of rotatable bonds is 0. The first-order chi connectivity index (χ1) is 9.49. The van der Waals surface area contributed by atoms with Crippen LogP contribution in [0.15, 0.2) is 18.4 Å². The van der Waals surface area contributed by atoms with Gasteiger partial charge in [-0.25, -0.2) is 0 Å². The molecule has 0 aliphatic carbocycles. The summed E-state index contributed by atoms with van der Waals surface area (Å²) in [6, 6.07) is 6.84. The first kappa shape index (κ1) is 18.8. The molecule has 116 valence electrons. The van der Waals surface area contributed by atoms with Gasteiger partial charge in [0.1, 0.15) is 1.37 Å². The van der Waals surface area contributed by atoms with Crippen LogP contribution < -0.4 is 0 Å². The molecule has 1 aromatic heterocycles. The summed E-state index contributed by atoms with van der Waals surface area (Å²) in [7, 11) is 4.04. The van der Waals surface area contributed by atoms with Crippen LogP contribution in [0, 0.1) is 50.0 Å². The smallest absolute Gasteiger partial charge is 0.103 e. The molecule has 1 fully saturated rings. The number of hydrogen-bond acceptors (Lipinski definition) is 2. The monoisotopic (exact) mass is 514 g/mol. The third kappa shape index (κ3) is 5.77. The van der Waals surface area contributed by atoms with Gasteiger partial charge in [-0.2, -0.15) is 12.1 Å². The Morgan fingerprint density at radius 1 is 1.33 bits per heavy atom. The zero-order chi connectivity index (χ0) is 14.7. The average molecular weight is 514 g/mol. The fraction of sp³-hybridized carbons (Fsp3) is 0.588. The fourth-order valence-electron chi connectivity index (χ4n) is 2.31. The minimum Gasteiger partial charge on any atom is -0.358 e. The molecule has 0 atom stereocenters. The molecule has 21 heavy (non-hydrogen) atoms. The van der Waals surface area contributed by atoms with Crippen LogP contribution in [0.25, 0.3) is 11.0 Å². The van der Waals surface area contributed by atoms with E-state index in [0.29, 0.717) is 6.30 Å². The normalized spacial score (nSPS) is 16.3. The topological polar surface area (TPSA) is 21.1 Å². The summed E-state index contributed by atoms with van der Waals surface area (Å²) in [5, 5.41) is 0. The summed E-state index contributed by atoms with van der Waals surface area (Å²) < 4.78 is 9.24. The number of piperidine rings is 1. The number of aromatic nitrogens is 2. The van der Waals surface area contributed by atoms with E-state index in [-0.39, 0.29) is 38.5 Å². The molecule has 0 saturated carbocycles. The second-order valence-corrected chi connectivity index (χ2v) is 5.59. The average Bonchev–Trinajstić information content (AvgIpc) is 2.72. The van der Waals surface area contributed by atoms with Crippen molar-refractivity contribution in [2.75, 3.05) is 20.1 Å². The van der Waals surface area contributed by atoms with Crippen molar-refractivity contribution in [3.63, 3.8) is 0 Å². The summed E-state index contributed by atoms with van der Waals surface area (Å²) in [4.78, 5) is 6.51. The molecule has 0 N–H and O–H groups in total. The van der Waals surface area contributed by atoms with Gasteiger partial charge in [-0.05, 0) is 49.9 Å². The molecule has 3 rings (SSSR count). The zero-order valence-corrected chi connectivity index (χ0v) is 17.1. The Balaban J connectivity index is 0.000000393. The van der Waals surface area contributed by atoms with E-state index < -0.39 is 0 Å². The van der Waals surface area contributed by atoms with Gasteiger partial charge < -0.3 is 14.5 Å². The minimum absolute atomic E-state index is 0. The van der Waals surface area contributed by atoms with E-state index in [1.54, 1.807) is 4.57 Å². The summed E-state index contributed by atoms with van der Waals surface area (Å²) >= 11 is 0. The Morgan fingerprint density at radius 3 is 2.48 bits per heavy atom. The van der Waals surface area contributed by atoms with Gasteiger partial charge in [0.15, 0.2) is 0 Å². The molecule has 0 amide bonds. The predicted molar refractivity (Wildman–Crippen MR) is 86.9 cm³/mol. The number of hydrogen-bond donors (Lipinski definition) is 0. The minimum atomic E-state index is 0. The maximum atomic E-state index is 7.48. The summed E-state index contributed by atoms with van der Waals surface area (Å²) in [6.07, 6.45) is 3.10. The molecule has 1 saturated heterocycles. The molecule has 1 aliphatic rings. The molecule has 2 heterocycles. The Morgan fingerprint density at radius 2 is 1.95 bits per heavy atom. The largest absolute Gasteiger partial charge is 0.358 e. The van der Waals surface area contributed by atoms with Crippen molar-refractivity contribution in [2.24, 2.45) is 13.0 Å². The third-order valence-electron chi connectivity index (χ3n) is 3.82. The van der Waals surface area contributed by atoms with Crippen LogP contribution in [-0.4, -0.2) is 34.6 Å². The first-order valence-corrected chi connectivity index (χ1v) is 6.98. The predicted octanol–water partition coefficient (Wildman–Crippen LogP) is 3.67. The summed E-state index contributed by atoms with van der Waals surface area (Å²) in [5.41, 5.74) is 2.88. The molecule has 0 radical (unpaired) electrons. The number of likely N-dealkylation sites (tertiary alicyclic amines) is 1. The van der Waals surface area contributed by atoms with Gasteiger partial charge in [-0.3, -0.25) is 0 Å². The van der Waals surface area contributed by atoms with Crippen molar-refractivity contribution in [3.8, 4) is 0 Å². The second-order valence-electron chi connectivity index (χ2n) is 5.59. The number of benzene rings is 1. The second kappa shape index (κ2) is 9.66. The van der Waals surface area contributed by atoms with Crippen molar-refractivity contribution >= 4 is 11.0 Å². The molecule has 0 bridgehead atoms.